The first-order valence-electron chi connectivity index (χ1n) is 9.32. The molecule has 0 spiro atoms. The van der Waals surface area contributed by atoms with Crippen molar-refractivity contribution in [3.05, 3.63) is 70.7 Å². The van der Waals surface area contributed by atoms with Crippen LogP contribution in [0.4, 0.5) is 0 Å². The zero-order valence-corrected chi connectivity index (χ0v) is 16.9. The zero-order valence-electron chi connectivity index (χ0n) is 15.4. The average molecular weight is 404 g/mol. The topological polar surface area (TPSA) is 44.4 Å². The molecular formula is C21H26ClN3OS. The third-order valence-corrected chi connectivity index (χ3v) is 6.09. The molecule has 1 atom stereocenters. The number of amides is 1. The molecule has 0 radical (unpaired) electrons. The number of rotatable bonds is 8. The molecule has 1 aliphatic rings. The maximum atomic E-state index is 13.0. The van der Waals surface area contributed by atoms with Crippen LogP contribution in [0.3, 0.4) is 0 Å². The molecule has 0 aromatic heterocycles. The highest BCUT2D eigenvalue weighted by atomic mass is 35.5. The Hall–Kier alpha value is -1.53. The fourth-order valence-electron chi connectivity index (χ4n) is 3.03. The van der Waals surface area contributed by atoms with Gasteiger partial charge in [0.15, 0.2) is 0 Å². The third kappa shape index (κ3) is 6.54. The molecule has 1 unspecified atom stereocenters. The van der Waals surface area contributed by atoms with E-state index in [0.717, 1.165) is 43.5 Å². The van der Waals surface area contributed by atoms with Crippen LogP contribution in [0, 0.1) is 0 Å². The van der Waals surface area contributed by atoms with Gasteiger partial charge in [0.25, 0.3) is 0 Å². The van der Waals surface area contributed by atoms with Crippen molar-refractivity contribution in [2.75, 3.05) is 32.7 Å². The molecule has 27 heavy (non-hydrogen) atoms. The Balaban J connectivity index is 1.57. The van der Waals surface area contributed by atoms with E-state index in [1.165, 1.54) is 11.1 Å². The van der Waals surface area contributed by atoms with Crippen LogP contribution in [0.25, 0.3) is 0 Å². The van der Waals surface area contributed by atoms with Crippen LogP contribution in [0.2, 0.25) is 5.02 Å². The van der Waals surface area contributed by atoms with E-state index < -0.39 is 0 Å². The maximum absolute atomic E-state index is 13.0. The van der Waals surface area contributed by atoms with Crippen molar-refractivity contribution in [3.8, 4) is 0 Å². The number of piperazine rings is 1. The van der Waals surface area contributed by atoms with Crippen molar-refractivity contribution in [2.24, 2.45) is 0 Å². The van der Waals surface area contributed by atoms with Crippen LogP contribution in [0.15, 0.2) is 54.6 Å². The van der Waals surface area contributed by atoms with Gasteiger partial charge in [-0.3, -0.25) is 4.79 Å². The summed E-state index contributed by atoms with van der Waals surface area (Å²) >= 11 is 7.66. The van der Waals surface area contributed by atoms with Crippen molar-refractivity contribution >= 4 is 29.3 Å². The molecule has 3 rings (SSSR count). The second kappa shape index (κ2) is 10.7. The number of nitrogens with zero attached hydrogens (tertiary/aromatic N) is 1. The van der Waals surface area contributed by atoms with Crippen LogP contribution in [-0.2, 0) is 17.1 Å². The van der Waals surface area contributed by atoms with Gasteiger partial charge < -0.3 is 15.5 Å². The Morgan fingerprint density at radius 2 is 1.78 bits per heavy atom. The second-order valence-electron chi connectivity index (χ2n) is 6.62. The first-order chi connectivity index (χ1) is 13.2. The quantitative estimate of drug-likeness (QED) is 0.710. The molecule has 4 nitrogen and oxygen atoms in total. The van der Waals surface area contributed by atoms with E-state index in [1.54, 1.807) is 11.8 Å². The number of hydrogen-bond acceptors (Lipinski definition) is 4. The average Bonchev–Trinajstić information content (AvgIpc) is 2.73. The molecular weight excluding hydrogens is 378 g/mol. The zero-order chi connectivity index (χ0) is 18.9. The van der Waals surface area contributed by atoms with E-state index in [9.17, 15) is 4.79 Å². The van der Waals surface area contributed by atoms with Crippen LogP contribution in [-0.4, -0.2) is 48.8 Å². The van der Waals surface area contributed by atoms with Gasteiger partial charge in [-0.2, -0.15) is 0 Å². The van der Waals surface area contributed by atoms with Gasteiger partial charge in [-0.15, -0.1) is 11.8 Å². The minimum atomic E-state index is -0.0874. The van der Waals surface area contributed by atoms with Crippen molar-refractivity contribution in [3.63, 3.8) is 0 Å². The molecule has 1 heterocycles. The van der Waals surface area contributed by atoms with Crippen molar-refractivity contribution in [1.82, 2.24) is 15.5 Å². The van der Waals surface area contributed by atoms with Gasteiger partial charge in [0.05, 0.1) is 5.25 Å². The van der Waals surface area contributed by atoms with Gasteiger partial charge >= 0.3 is 0 Å². The number of nitrogens with one attached hydrogen (secondary N) is 2. The minimum absolute atomic E-state index is 0.0874. The summed E-state index contributed by atoms with van der Waals surface area (Å²) in [7, 11) is 0. The summed E-state index contributed by atoms with van der Waals surface area (Å²) < 4.78 is 0. The Morgan fingerprint density at radius 3 is 2.48 bits per heavy atom. The highest BCUT2D eigenvalue weighted by Gasteiger charge is 2.25. The van der Waals surface area contributed by atoms with Crippen LogP contribution in [0.5, 0.6) is 0 Å². The Labute approximate surface area is 170 Å². The molecule has 0 bridgehead atoms. The van der Waals surface area contributed by atoms with Crippen molar-refractivity contribution in [2.45, 2.75) is 17.5 Å². The van der Waals surface area contributed by atoms with E-state index in [4.69, 9.17) is 11.6 Å². The van der Waals surface area contributed by atoms with Gasteiger partial charge in [0, 0.05) is 50.0 Å². The summed E-state index contributed by atoms with van der Waals surface area (Å²) in [6.07, 6.45) is 0. The minimum Gasteiger partial charge on any atom is -0.339 e. The fourth-order valence-corrected chi connectivity index (χ4v) is 4.27. The SMILES string of the molecule is O=C(C(CNCc1ccc(Cl)cc1)SCc1ccccc1)N1CCNCC1. The van der Waals surface area contributed by atoms with Crippen LogP contribution >= 0.6 is 23.4 Å². The van der Waals surface area contributed by atoms with E-state index in [1.807, 2.05) is 47.4 Å². The van der Waals surface area contributed by atoms with Crippen molar-refractivity contribution in [1.29, 1.82) is 0 Å². The number of halogens is 1. The molecule has 1 saturated heterocycles. The van der Waals surface area contributed by atoms with Crippen molar-refractivity contribution < 1.29 is 4.79 Å². The van der Waals surface area contributed by atoms with E-state index in [2.05, 4.69) is 22.8 Å². The number of benzene rings is 2. The predicted octanol–water partition coefficient (Wildman–Crippen LogP) is 3.16. The molecule has 0 saturated carbocycles. The second-order valence-corrected chi connectivity index (χ2v) is 8.25. The molecule has 2 aromatic rings. The van der Waals surface area contributed by atoms with Gasteiger partial charge in [-0.1, -0.05) is 54.1 Å². The third-order valence-electron chi connectivity index (χ3n) is 4.57. The standard InChI is InChI=1S/C21H26ClN3OS/c22-19-8-6-17(7-9-19)14-24-15-20(21(26)25-12-10-23-11-13-25)27-16-18-4-2-1-3-5-18/h1-9,20,23-24H,10-16H2. The molecule has 0 aliphatic carbocycles. The Bertz CT molecular complexity index is 705. The summed E-state index contributed by atoms with van der Waals surface area (Å²) in [4.78, 5) is 15.0. The largest absolute Gasteiger partial charge is 0.339 e. The summed E-state index contributed by atoms with van der Waals surface area (Å²) in [5.74, 6) is 1.08. The normalized spacial score (nSPS) is 15.5. The highest BCUT2D eigenvalue weighted by molar-refractivity contribution is 7.99. The first-order valence-corrected chi connectivity index (χ1v) is 10.8. The Morgan fingerprint density at radius 1 is 1.07 bits per heavy atom. The number of hydrogen-bond donors (Lipinski definition) is 2. The summed E-state index contributed by atoms with van der Waals surface area (Å²) in [5, 5.41) is 7.41. The lowest BCUT2D eigenvalue weighted by molar-refractivity contribution is -0.131. The summed E-state index contributed by atoms with van der Waals surface area (Å²) in [6.45, 7) is 4.72. The van der Waals surface area contributed by atoms with E-state index in [-0.39, 0.29) is 11.2 Å². The van der Waals surface area contributed by atoms with Gasteiger partial charge in [0.2, 0.25) is 5.91 Å². The van der Waals surface area contributed by atoms with Crippen LogP contribution in [0.1, 0.15) is 11.1 Å². The predicted molar refractivity (Wildman–Crippen MR) is 114 cm³/mol. The molecule has 2 N–H and O–H groups in total. The van der Waals surface area contributed by atoms with Gasteiger partial charge in [0.1, 0.15) is 0 Å². The monoisotopic (exact) mass is 403 g/mol. The Kier molecular flexibility index (Phi) is 8.02. The van der Waals surface area contributed by atoms with Crippen LogP contribution < -0.4 is 10.6 Å². The van der Waals surface area contributed by atoms with E-state index in [0.29, 0.717) is 6.54 Å². The highest BCUT2D eigenvalue weighted by Crippen LogP contribution is 2.20. The summed E-state index contributed by atoms with van der Waals surface area (Å²) in [6, 6.07) is 18.1. The molecule has 144 valence electrons. The molecule has 2 aromatic carbocycles. The summed E-state index contributed by atoms with van der Waals surface area (Å²) in [5.41, 5.74) is 2.42. The smallest absolute Gasteiger partial charge is 0.237 e. The lowest BCUT2D eigenvalue weighted by atomic mass is 10.2. The van der Waals surface area contributed by atoms with E-state index >= 15 is 0 Å². The molecule has 1 fully saturated rings. The number of thioether (sulfide) groups is 1. The first kappa shape index (κ1) is 20.2. The number of carbonyl (C=O) groups excluding carboxylic acids is 1. The van der Waals surface area contributed by atoms with Gasteiger partial charge in [-0.05, 0) is 23.3 Å². The molecule has 6 heteroatoms. The maximum Gasteiger partial charge on any atom is 0.237 e. The lowest BCUT2D eigenvalue weighted by Crippen LogP contribution is -2.50. The molecule has 1 aliphatic heterocycles. The number of carbonyl (C=O) groups is 1. The lowest BCUT2D eigenvalue weighted by Gasteiger charge is -2.31. The molecule has 1 amide bonds. The fraction of sp³-hybridized carbons (Fsp3) is 0.381. The van der Waals surface area contributed by atoms with Gasteiger partial charge in [-0.25, -0.2) is 0 Å².